The van der Waals surface area contributed by atoms with Crippen molar-refractivity contribution < 1.29 is 13.9 Å². The molecule has 0 unspecified atom stereocenters. The summed E-state index contributed by atoms with van der Waals surface area (Å²) in [6, 6.07) is 13.8. The monoisotopic (exact) mass is 311 g/mol. The highest BCUT2D eigenvalue weighted by Crippen LogP contribution is 2.48. The highest BCUT2D eigenvalue weighted by atomic mass is 16.5. The molecule has 0 N–H and O–H groups in total. The molecule has 1 saturated carbocycles. The second-order valence-corrected chi connectivity index (χ2v) is 6.42. The Morgan fingerprint density at radius 3 is 2.57 bits per heavy atom. The molecule has 23 heavy (non-hydrogen) atoms. The first kappa shape index (κ1) is 14.4. The van der Waals surface area contributed by atoms with Crippen LogP contribution in [0.1, 0.15) is 30.9 Å². The number of hydrogen-bond acceptors (Lipinski definition) is 3. The zero-order valence-corrected chi connectivity index (χ0v) is 13.1. The average Bonchev–Trinajstić information content (AvgIpc) is 3.21. The number of amides is 1. The second-order valence-electron chi connectivity index (χ2n) is 6.42. The second kappa shape index (κ2) is 6.11. The highest BCUT2D eigenvalue weighted by Gasteiger charge is 2.47. The number of para-hydroxylation sites is 1. The predicted octanol–water partition coefficient (Wildman–Crippen LogP) is 3.45. The van der Waals surface area contributed by atoms with Crippen LogP contribution in [0.3, 0.4) is 0 Å². The van der Waals surface area contributed by atoms with Crippen LogP contribution in [0.5, 0.6) is 5.75 Å². The Labute approximate surface area is 136 Å². The van der Waals surface area contributed by atoms with Crippen LogP contribution in [0.25, 0.3) is 0 Å². The van der Waals surface area contributed by atoms with Gasteiger partial charge in [-0.25, -0.2) is 0 Å². The molecule has 1 aliphatic heterocycles. The lowest BCUT2D eigenvalue weighted by molar-refractivity contribution is -0.134. The Balaban J connectivity index is 1.28. The van der Waals surface area contributed by atoms with Crippen molar-refractivity contribution >= 4 is 5.91 Å². The minimum Gasteiger partial charge on any atom is -0.490 e. The van der Waals surface area contributed by atoms with Gasteiger partial charge < -0.3 is 14.1 Å². The molecule has 0 radical (unpaired) electrons. The number of carbonyl (C=O) groups is 1. The van der Waals surface area contributed by atoms with Crippen molar-refractivity contribution in [3.63, 3.8) is 0 Å². The molecule has 1 aliphatic carbocycles. The Morgan fingerprint density at radius 2 is 1.87 bits per heavy atom. The molecule has 0 spiro atoms. The first-order valence-corrected chi connectivity index (χ1v) is 8.35. The average molecular weight is 311 g/mol. The minimum atomic E-state index is 0.118. The third kappa shape index (κ3) is 3.11. The van der Waals surface area contributed by atoms with Gasteiger partial charge in [0.25, 0.3) is 0 Å². The van der Waals surface area contributed by atoms with Crippen LogP contribution >= 0.6 is 0 Å². The van der Waals surface area contributed by atoms with E-state index in [1.807, 2.05) is 47.4 Å². The van der Waals surface area contributed by atoms with E-state index in [2.05, 4.69) is 0 Å². The van der Waals surface area contributed by atoms with E-state index in [4.69, 9.17) is 9.15 Å². The highest BCUT2D eigenvalue weighted by molar-refractivity contribution is 5.83. The molecule has 4 nitrogen and oxygen atoms in total. The van der Waals surface area contributed by atoms with E-state index in [9.17, 15) is 4.79 Å². The van der Waals surface area contributed by atoms with Crippen LogP contribution in [-0.4, -0.2) is 30.0 Å². The number of ether oxygens (including phenoxy) is 1. The summed E-state index contributed by atoms with van der Waals surface area (Å²) in [6.07, 6.45) is 4.62. The molecular weight excluding hydrogens is 290 g/mol. The van der Waals surface area contributed by atoms with Gasteiger partial charge in [-0.05, 0) is 30.7 Å². The number of nitrogens with zero attached hydrogens (tertiary/aromatic N) is 1. The van der Waals surface area contributed by atoms with Crippen LogP contribution in [0, 0.1) is 5.92 Å². The molecule has 120 valence electrons. The molecule has 1 aromatic carbocycles. The molecular formula is C19H21NO3. The first-order valence-electron chi connectivity index (χ1n) is 8.35. The fraction of sp³-hybridized carbons (Fsp3) is 0.421. The SMILES string of the molecule is O=C([C@H]1C[C@@H]1c1ccco1)N1CCC(Oc2ccccc2)CC1. The number of furan rings is 1. The standard InChI is InChI=1S/C19H21NO3/c21-19(17-13-16(17)18-7-4-12-22-18)20-10-8-15(9-11-20)23-14-5-2-1-3-6-14/h1-7,12,15-17H,8-11,13H2/t16-,17-/m0/s1. The van der Waals surface area contributed by atoms with Gasteiger partial charge in [-0.1, -0.05) is 18.2 Å². The molecule has 2 atom stereocenters. The number of carbonyl (C=O) groups excluding carboxylic acids is 1. The van der Waals surface area contributed by atoms with E-state index >= 15 is 0 Å². The van der Waals surface area contributed by atoms with E-state index in [1.54, 1.807) is 6.26 Å². The quantitative estimate of drug-likeness (QED) is 0.868. The van der Waals surface area contributed by atoms with Gasteiger partial charge in [0.05, 0.1) is 6.26 Å². The molecule has 2 aliphatic rings. The minimum absolute atomic E-state index is 0.118. The number of benzene rings is 1. The van der Waals surface area contributed by atoms with Crippen molar-refractivity contribution in [2.75, 3.05) is 13.1 Å². The fourth-order valence-electron chi connectivity index (χ4n) is 3.40. The van der Waals surface area contributed by atoms with Gasteiger partial charge in [0.15, 0.2) is 0 Å². The molecule has 4 heteroatoms. The van der Waals surface area contributed by atoms with E-state index in [-0.39, 0.29) is 23.8 Å². The predicted molar refractivity (Wildman–Crippen MR) is 86.2 cm³/mol. The van der Waals surface area contributed by atoms with E-state index in [0.29, 0.717) is 0 Å². The number of rotatable bonds is 4. The molecule has 1 saturated heterocycles. The summed E-state index contributed by atoms with van der Waals surface area (Å²) in [5, 5.41) is 0. The van der Waals surface area contributed by atoms with Crippen LogP contribution in [0.2, 0.25) is 0 Å². The number of likely N-dealkylation sites (tertiary alicyclic amines) is 1. The molecule has 1 aromatic heterocycles. The maximum absolute atomic E-state index is 12.6. The summed E-state index contributed by atoms with van der Waals surface area (Å²) in [6.45, 7) is 1.58. The first-order chi connectivity index (χ1) is 11.3. The number of piperidine rings is 1. The third-order valence-electron chi connectivity index (χ3n) is 4.82. The van der Waals surface area contributed by atoms with Crippen molar-refractivity contribution in [3.8, 4) is 5.75 Å². The molecule has 0 bridgehead atoms. The topological polar surface area (TPSA) is 42.7 Å². The van der Waals surface area contributed by atoms with Crippen molar-refractivity contribution in [2.24, 2.45) is 5.92 Å². The normalized spacial score (nSPS) is 24.4. The summed E-state index contributed by atoms with van der Waals surface area (Å²) >= 11 is 0. The lowest BCUT2D eigenvalue weighted by atomic mass is 10.1. The zero-order valence-electron chi connectivity index (χ0n) is 13.1. The van der Waals surface area contributed by atoms with E-state index in [1.165, 1.54) is 0 Å². The van der Waals surface area contributed by atoms with E-state index in [0.717, 1.165) is 43.9 Å². The van der Waals surface area contributed by atoms with Crippen molar-refractivity contribution in [1.82, 2.24) is 4.90 Å². The number of hydrogen-bond donors (Lipinski definition) is 0. The van der Waals surface area contributed by atoms with Gasteiger partial charge >= 0.3 is 0 Å². The lowest BCUT2D eigenvalue weighted by Crippen LogP contribution is -2.42. The maximum atomic E-state index is 12.6. The molecule has 2 heterocycles. The van der Waals surface area contributed by atoms with Gasteiger partial charge in [0.1, 0.15) is 17.6 Å². The Morgan fingerprint density at radius 1 is 1.09 bits per heavy atom. The Bertz CT molecular complexity index is 645. The van der Waals surface area contributed by atoms with Crippen LogP contribution < -0.4 is 4.74 Å². The summed E-state index contributed by atoms with van der Waals surface area (Å²) < 4.78 is 11.4. The summed E-state index contributed by atoms with van der Waals surface area (Å²) in [4.78, 5) is 14.6. The largest absolute Gasteiger partial charge is 0.490 e. The summed E-state index contributed by atoms with van der Waals surface area (Å²) in [7, 11) is 0. The molecule has 2 aromatic rings. The van der Waals surface area contributed by atoms with Gasteiger partial charge in [-0.15, -0.1) is 0 Å². The summed E-state index contributed by atoms with van der Waals surface area (Å²) in [5.74, 6) is 2.55. The summed E-state index contributed by atoms with van der Waals surface area (Å²) in [5.41, 5.74) is 0. The lowest BCUT2D eigenvalue weighted by Gasteiger charge is -2.32. The molecule has 2 fully saturated rings. The van der Waals surface area contributed by atoms with E-state index < -0.39 is 0 Å². The molecule has 1 amide bonds. The van der Waals surface area contributed by atoms with Gasteiger partial charge in [0, 0.05) is 37.8 Å². The third-order valence-corrected chi connectivity index (χ3v) is 4.82. The Hall–Kier alpha value is -2.23. The van der Waals surface area contributed by atoms with Crippen molar-refractivity contribution in [3.05, 3.63) is 54.5 Å². The fourth-order valence-corrected chi connectivity index (χ4v) is 3.40. The van der Waals surface area contributed by atoms with Crippen LogP contribution in [0.4, 0.5) is 0 Å². The van der Waals surface area contributed by atoms with Crippen LogP contribution in [0.15, 0.2) is 53.1 Å². The smallest absolute Gasteiger partial charge is 0.226 e. The van der Waals surface area contributed by atoms with Gasteiger partial charge in [-0.3, -0.25) is 4.79 Å². The Kier molecular flexibility index (Phi) is 3.82. The van der Waals surface area contributed by atoms with Crippen molar-refractivity contribution in [1.29, 1.82) is 0 Å². The van der Waals surface area contributed by atoms with Crippen molar-refractivity contribution in [2.45, 2.75) is 31.3 Å². The van der Waals surface area contributed by atoms with Crippen LogP contribution in [-0.2, 0) is 4.79 Å². The molecule has 4 rings (SSSR count). The zero-order chi connectivity index (χ0) is 15.6. The van der Waals surface area contributed by atoms with Gasteiger partial charge in [0.2, 0.25) is 5.91 Å². The van der Waals surface area contributed by atoms with Gasteiger partial charge in [-0.2, -0.15) is 0 Å². The maximum Gasteiger partial charge on any atom is 0.226 e.